The summed E-state index contributed by atoms with van der Waals surface area (Å²) in [6.45, 7) is 13.7. The van der Waals surface area contributed by atoms with Crippen LogP contribution in [-0.4, -0.2) is 37.2 Å². The first-order valence-electron chi connectivity index (χ1n) is 28.6. The van der Waals surface area contributed by atoms with E-state index in [2.05, 4.69) is 41.5 Å². The number of rotatable bonds is 51. The van der Waals surface area contributed by atoms with Crippen molar-refractivity contribution in [1.29, 1.82) is 0 Å². The molecule has 0 aliphatic carbocycles. The largest absolute Gasteiger partial charge is 0.462 e. The van der Waals surface area contributed by atoms with Crippen LogP contribution in [0.15, 0.2) is 0 Å². The Kier molecular flexibility index (Phi) is 48.1. The molecule has 0 aliphatic rings. The van der Waals surface area contributed by atoms with Crippen LogP contribution in [-0.2, 0) is 28.6 Å². The van der Waals surface area contributed by atoms with Gasteiger partial charge >= 0.3 is 17.9 Å². The zero-order valence-corrected chi connectivity index (χ0v) is 44.1. The van der Waals surface area contributed by atoms with E-state index < -0.39 is 6.10 Å². The first kappa shape index (κ1) is 62.4. The number of esters is 3. The number of carbonyl (C=O) groups excluding carboxylic acids is 3. The lowest BCUT2D eigenvalue weighted by Crippen LogP contribution is -2.30. The SMILES string of the molecule is CCC(C)CCCCCCCCCCCCCCCCC(=O)OC[C@@H](COC(=O)CCCCCCCCC(C)C)OC(=O)CCCCCCCCCCCCCCCCCCC(C)C. The highest BCUT2D eigenvalue weighted by Crippen LogP contribution is 2.19. The predicted molar refractivity (Wildman–Crippen MR) is 275 cm³/mol. The molecule has 0 aromatic carbocycles. The van der Waals surface area contributed by atoms with Gasteiger partial charge in [-0.2, -0.15) is 0 Å². The van der Waals surface area contributed by atoms with Crippen LogP contribution in [0.4, 0.5) is 0 Å². The molecule has 0 heterocycles. The second-order valence-corrected chi connectivity index (χ2v) is 21.1. The summed E-state index contributed by atoms with van der Waals surface area (Å²) in [6.07, 6.45) is 51.1. The Morgan fingerprint density at radius 3 is 0.812 bits per heavy atom. The lowest BCUT2D eigenvalue weighted by Gasteiger charge is -2.18. The fraction of sp³-hybridized carbons (Fsp3) is 0.948. The standard InChI is InChI=1S/C58H112O6/c1-7-54(6)46-40-34-27-23-19-15-12-13-16-20-24-28-35-41-47-56(59)62-50-55(51-63-57(60)48-42-36-31-30-33-39-45-53(4)5)64-58(61)49-43-37-29-25-21-17-11-9-8-10-14-18-22-26-32-38-44-52(2)3/h52-55H,7-51H2,1-6H3/t54?,55-/m0/s1. The zero-order valence-electron chi connectivity index (χ0n) is 44.1. The molecule has 0 aromatic rings. The van der Waals surface area contributed by atoms with Crippen LogP contribution in [0.25, 0.3) is 0 Å². The van der Waals surface area contributed by atoms with Gasteiger partial charge in [-0.05, 0) is 37.0 Å². The van der Waals surface area contributed by atoms with Crippen LogP contribution in [0.2, 0.25) is 0 Å². The third-order valence-corrected chi connectivity index (χ3v) is 13.5. The highest BCUT2D eigenvalue weighted by Gasteiger charge is 2.19. The van der Waals surface area contributed by atoms with E-state index in [1.54, 1.807) is 0 Å². The zero-order chi connectivity index (χ0) is 47.0. The van der Waals surface area contributed by atoms with Crippen molar-refractivity contribution in [2.45, 2.75) is 324 Å². The molecule has 0 aliphatic heterocycles. The normalized spacial score (nSPS) is 12.6. The quantitative estimate of drug-likeness (QED) is 0.0344. The molecule has 0 rings (SSSR count). The molecule has 0 saturated carbocycles. The van der Waals surface area contributed by atoms with Crippen LogP contribution in [0.1, 0.15) is 318 Å². The molecular formula is C58H112O6. The van der Waals surface area contributed by atoms with Gasteiger partial charge in [0.25, 0.3) is 0 Å². The fourth-order valence-corrected chi connectivity index (χ4v) is 8.79. The van der Waals surface area contributed by atoms with Crippen molar-refractivity contribution >= 4 is 17.9 Å². The molecule has 6 nitrogen and oxygen atoms in total. The van der Waals surface area contributed by atoms with Crippen LogP contribution >= 0.6 is 0 Å². The number of hydrogen-bond acceptors (Lipinski definition) is 6. The molecule has 380 valence electrons. The molecule has 2 atom stereocenters. The summed E-state index contributed by atoms with van der Waals surface area (Å²) in [6, 6.07) is 0. The Morgan fingerprint density at radius 1 is 0.312 bits per heavy atom. The molecule has 0 N–H and O–H groups in total. The van der Waals surface area contributed by atoms with Gasteiger partial charge in [0.1, 0.15) is 13.2 Å². The molecule has 1 unspecified atom stereocenters. The van der Waals surface area contributed by atoms with E-state index in [4.69, 9.17) is 14.2 Å². The topological polar surface area (TPSA) is 78.9 Å². The molecule has 6 heteroatoms. The average molecular weight is 906 g/mol. The van der Waals surface area contributed by atoms with Gasteiger partial charge in [-0.1, -0.05) is 279 Å². The van der Waals surface area contributed by atoms with Gasteiger partial charge in [-0.3, -0.25) is 14.4 Å². The van der Waals surface area contributed by atoms with Gasteiger partial charge in [0.15, 0.2) is 6.10 Å². The number of ether oxygens (including phenoxy) is 3. The van der Waals surface area contributed by atoms with E-state index in [-0.39, 0.29) is 31.1 Å². The smallest absolute Gasteiger partial charge is 0.306 e. The van der Waals surface area contributed by atoms with Crippen molar-refractivity contribution in [3.63, 3.8) is 0 Å². The first-order chi connectivity index (χ1) is 31.1. The lowest BCUT2D eigenvalue weighted by atomic mass is 9.99. The fourth-order valence-electron chi connectivity index (χ4n) is 8.79. The van der Waals surface area contributed by atoms with Gasteiger partial charge in [0.05, 0.1) is 0 Å². The first-order valence-corrected chi connectivity index (χ1v) is 28.6. The Bertz CT molecular complexity index is 993. The summed E-state index contributed by atoms with van der Waals surface area (Å²) in [5.41, 5.74) is 0. The van der Waals surface area contributed by atoms with E-state index in [0.717, 1.165) is 75.5 Å². The van der Waals surface area contributed by atoms with E-state index in [1.807, 2.05) is 0 Å². The maximum atomic E-state index is 12.8. The minimum Gasteiger partial charge on any atom is -0.462 e. The summed E-state index contributed by atoms with van der Waals surface area (Å²) in [7, 11) is 0. The lowest BCUT2D eigenvalue weighted by molar-refractivity contribution is -0.167. The summed E-state index contributed by atoms with van der Waals surface area (Å²) < 4.78 is 16.8. The number of hydrogen-bond donors (Lipinski definition) is 0. The molecular weight excluding hydrogens is 793 g/mol. The van der Waals surface area contributed by atoms with E-state index >= 15 is 0 Å². The van der Waals surface area contributed by atoms with Crippen molar-refractivity contribution in [1.82, 2.24) is 0 Å². The highest BCUT2D eigenvalue weighted by atomic mass is 16.6. The van der Waals surface area contributed by atoms with Gasteiger partial charge in [0, 0.05) is 19.3 Å². The Labute approximate surface area is 399 Å². The van der Waals surface area contributed by atoms with Crippen molar-refractivity contribution in [3.8, 4) is 0 Å². The summed E-state index contributed by atoms with van der Waals surface area (Å²) >= 11 is 0. The van der Waals surface area contributed by atoms with Crippen molar-refractivity contribution in [3.05, 3.63) is 0 Å². The Hall–Kier alpha value is -1.59. The molecule has 0 amide bonds. The summed E-state index contributed by atoms with van der Waals surface area (Å²) in [5, 5.41) is 0. The van der Waals surface area contributed by atoms with Crippen molar-refractivity contribution in [2.24, 2.45) is 17.8 Å². The second kappa shape index (κ2) is 49.3. The number of carbonyl (C=O) groups is 3. The molecule has 64 heavy (non-hydrogen) atoms. The van der Waals surface area contributed by atoms with Crippen LogP contribution in [0, 0.1) is 17.8 Å². The van der Waals surface area contributed by atoms with Gasteiger partial charge < -0.3 is 14.2 Å². The summed E-state index contributed by atoms with van der Waals surface area (Å²) in [4.78, 5) is 38.0. The summed E-state index contributed by atoms with van der Waals surface area (Å²) in [5.74, 6) is 1.66. The molecule has 0 aromatic heterocycles. The third-order valence-electron chi connectivity index (χ3n) is 13.5. The minimum absolute atomic E-state index is 0.0645. The highest BCUT2D eigenvalue weighted by molar-refractivity contribution is 5.71. The van der Waals surface area contributed by atoms with Crippen LogP contribution < -0.4 is 0 Å². The second-order valence-electron chi connectivity index (χ2n) is 21.1. The molecule has 0 spiro atoms. The van der Waals surface area contributed by atoms with Gasteiger partial charge in [-0.15, -0.1) is 0 Å². The van der Waals surface area contributed by atoms with E-state index in [0.29, 0.717) is 19.3 Å². The van der Waals surface area contributed by atoms with Crippen molar-refractivity contribution < 1.29 is 28.6 Å². The third kappa shape index (κ3) is 49.8. The van der Waals surface area contributed by atoms with Crippen molar-refractivity contribution in [2.75, 3.05) is 13.2 Å². The molecule has 0 fully saturated rings. The Balaban J connectivity index is 4.22. The Morgan fingerprint density at radius 2 is 0.547 bits per heavy atom. The maximum Gasteiger partial charge on any atom is 0.306 e. The van der Waals surface area contributed by atoms with Gasteiger partial charge in [-0.25, -0.2) is 0 Å². The maximum absolute atomic E-state index is 12.8. The number of unbranched alkanes of at least 4 members (excludes halogenated alkanes) is 33. The molecule has 0 bridgehead atoms. The molecule has 0 saturated heterocycles. The predicted octanol–water partition coefficient (Wildman–Crippen LogP) is 18.7. The van der Waals surface area contributed by atoms with Gasteiger partial charge in [0.2, 0.25) is 0 Å². The van der Waals surface area contributed by atoms with E-state index in [1.165, 1.54) is 199 Å². The van der Waals surface area contributed by atoms with Crippen LogP contribution in [0.3, 0.4) is 0 Å². The van der Waals surface area contributed by atoms with Crippen LogP contribution in [0.5, 0.6) is 0 Å². The monoisotopic (exact) mass is 905 g/mol. The minimum atomic E-state index is -0.764. The molecule has 0 radical (unpaired) electrons. The van der Waals surface area contributed by atoms with E-state index in [9.17, 15) is 14.4 Å². The average Bonchev–Trinajstić information content (AvgIpc) is 3.27.